The smallest absolute Gasteiger partial charge is 0.330 e. The largest absolute Gasteiger partial charge is 0.464 e. The number of aromatic nitrogens is 2. The van der Waals surface area contributed by atoms with E-state index in [1.165, 1.54) is 6.07 Å². The lowest BCUT2D eigenvalue weighted by molar-refractivity contribution is -0.144. The zero-order chi connectivity index (χ0) is 13.8. The van der Waals surface area contributed by atoms with Gasteiger partial charge in [0.25, 0.3) is 5.56 Å². The van der Waals surface area contributed by atoms with Crippen molar-refractivity contribution in [1.29, 1.82) is 0 Å². The highest BCUT2D eigenvalue weighted by Gasteiger charge is 2.30. The van der Waals surface area contributed by atoms with Gasteiger partial charge in [0.2, 0.25) is 0 Å². The molecule has 1 aliphatic heterocycles. The van der Waals surface area contributed by atoms with Crippen molar-refractivity contribution in [3.8, 4) is 0 Å². The van der Waals surface area contributed by atoms with Crippen LogP contribution >= 0.6 is 0 Å². The van der Waals surface area contributed by atoms with Crippen molar-refractivity contribution in [3.63, 3.8) is 0 Å². The minimum Gasteiger partial charge on any atom is -0.464 e. The average Bonchev–Trinajstić information content (AvgIpc) is 2.38. The first-order chi connectivity index (χ1) is 9.11. The molecule has 1 fully saturated rings. The van der Waals surface area contributed by atoms with Crippen LogP contribution in [-0.2, 0) is 9.53 Å². The first kappa shape index (κ1) is 13.5. The van der Waals surface area contributed by atoms with Crippen LogP contribution in [0.5, 0.6) is 0 Å². The maximum Gasteiger partial charge on any atom is 0.330 e. The van der Waals surface area contributed by atoms with Crippen LogP contribution in [0, 0.1) is 6.92 Å². The van der Waals surface area contributed by atoms with Gasteiger partial charge < -0.3 is 19.9 Å². The second-order valence-corrected chi connectivity index (χ2v) is 4.35. The Balaban J connectivity index is 2.28. The molecule has 19 heavy (non-hydrogen) atoms. The van der Waals surface area contributed by atoms with Gasteiger partial charge in [0.1, 0.15) is 17.7 Å². The van der Waals surface area contributed by atoms with Crippen molar-refractivity contribution in [2.24, 2.45) is 0 Å². The molecule has 7 nitrogen and oxygen atoms in total. The molecule has 0 radical (unpaired) electrons. The van der Waals surface area contributed by atoms with E-state index in [0.29, 0.717) is 31.3 Å². The minimum atomic E-state index is -0.442. The van der Waals surface area contributed by atoms with Crippen molar-refractivity contribution in [1.82, 2.24) is 15.3 Å². The van der Waals surface area contributed by atoms with Crippen LogP contribution in [0.1, 0.15) is 12.7 Å². The molecular weight excluding hydrogens is 248 g/mol. The number of carbonyl (C=O) groups excluding carboxylic acids is 1. The van der Waals surface area contributed by atoms with Crippen LogP contribution in [0.15, 0.2) is 10.9 Å². The lowest BCUT2D eigenvalue weighted by Gasteiger charge is -2.35. The number of hydrogen-bond acceptors (Lipinski definition) is 6. The number of aryl methyl sites for hydroxylation is 1. The fraction of sp³-hybridized carbons (Fsp3) is 0.583. The summed E-state index contributed by atoms with van der Waals surface area (Å²) >= 11 is 0. The fourth-order valence-electron chi connectivity index (χ4n) is 2.14. The summed E-state index contributed by atoms with van der Waals surface area (Å²) in [6.45, 7) is 5.67. The first-order valence-electron chi connectivity index (χ1n) is 6.33. The molecule has 2 rings (SSSR count). The van der Waals surface area contributed by atoms with E-state index in [9.17, 15) is 9.59 Å². The number of nitrogens with one attached hydrogen (secondary N) is 2. The van der Waals surface area contributed by atoms with Crippen LogP contribution in [0.25, 0.3) is 0 Å². The van der Waals surface area contributed by atoms with E-state index in [1.54, 1.807) is 13.8 Å². The maximum absolute atomic E-state index is 11.9. The second kappa shape index (κ2) is 5.83. The van der Waals surface area contributed by atoms with Gasteiger partial charge in [-0.05, 0) is 13.8 Å². The normalized spacial score (nSPS) is 19.3. The third-order valence-electron chi connectivity index (χ3n) is 2.94. The lowest BCUT2D eigenvalue weighted by atomic mass is 10.2. The third kappa shape index (κ3) is 3.11. The highest BCUT2D eigenvalue weighted by atomic mass is 16.5. The summed E-state index contributed by atoms with van der Waals surface area (Å²) in [5.74, 6) is 0.749. The van der Waals surface area contributed by atoms with Gasteiger partial charge in [-0.25, -0.2) is 9.78 Å². The zero-order valence-corrected chi connectivity index (χ0v) is 11.1. The molecule has 104 valence electrons. The number of piperazine rings is 1. The molecule has 0 bridgehead atoms. The Morgan fingerprint density at radius 2 is 2.42 bits per heavy atom. The van der Waals surface area contributed by atoms with E-state index in [1.807, 2.05) is 4.90 Å². The summed E-state index contributed by atoms with van der Waals surface area (Å²) in [6.07, 6.45) is 0. The Hall–Kier alpha value is -1.89. The van der Waals surface area contributed by atoms with Crippen molar-refractivity contribution in [3.05, 3.63) is 22.2 Å². The van der Waals surface area contributed by atoms with E-state index in [4.69, 9.17) is 4.74 Å². The van der Waals surface area contributed by atoms with Gasteiger partial charge in [-0.3, -0.25) is 4.79 Å². The summed E-state index contributed by atoms with van der Waals surface area (Å²) < 4.78 is 5.06. The summed E-state index contributed by atoms with van der Waals surface area (Å²) in [7, 11) is 0. The molecule has 1 aliphatic rings. The Morgan fingerprint density at radius 1 is 1.63 bits per heavy atom. The lowest BCUT2D eigenvalue weighted by Crippen LogP contribution is -2.56. The molecule has 1 atom stereocenters. The van der Waals surface area contributed by atoms with E-state index < -0.39 is 6.04 Å². The molecule has 1 aromatic rings. The van der Waals surface area contributed by atoms with Crippen LogP contribution in [0.4, 0.5) is 5.82 Å². The summed E-state index contributed by atoms with van der Waals surface area (Å²) in [5.41, 5.74) is -0.219. The average molecular weight is 266 g/mol. The van der Waals surface area contributed by atoms with Crippen LogP contribution in [0.3, 0.4) is 0 Å². The standard InChI is InChI=1S/C12H18N4O3/c1-3-19-12(18)9-7-13-4-5-16(9)10-6-11(17)15-8(2)14-10/h6,9,13H,3-5,7H2,1-2H3,(H,14,15,17). The number of rotatable bonds is 3. The number of hydrogen-bond donors (Lipinski definition) is 2. The van der Waals surface area contributed by atoms with Gasteiger partial charge in [-0.1, -0.05) is 0 Å². The quantitative estimate of drug-likeness (QED) is 0.712. The molecule has 0 amide bonds. The second-order valence-electron chi connectivity index (χ2n) is 4.35. The summed E-state index contributed by atoms with van der Waals surface area (Å²) in [5, 5.41) is 3.15. The van der Waals surface area contributed by atoms with E-state index >= 15 is 0 Å². The monoisotopic (exact) mass is 266 g/mol. The molecule has 1 saturated heterocycles. The number of H-pyrrole nitrogens is 1. The van der Waals surface area contributed by atoms with Crippen molar-refractivity contribution >= 4 is 11.8 Å². The Morgan fingerprint density at radius 3 is 3.11 bits per heavy atom. The topological polar surface area (TPSA) is 87.3 Å². The molecule has 2 N–H and O–H groups in total. The molecular formula is C12H18N4O3. The highest BCUT2D eigenvalue weighted by molar-refractivity contribution is 5.80. The van der Waals surface area contributed by atoms with Crippen molar-refractivity contribution in [2.75, 3.05) is 31.1 Å². The maximum atomic E-state index is 11.9. The van der Waals surface area contributed by atoms with E-state index in [0.717, 1.165) is 6.54 Å². The predicted octanol–water partition coefficient (Wildman–Crippen LogP) is -0.580. The zero-order valence-electron chi connectivity index (χ0n) is 11.1. The van der Waals surface area contributed by atoms with Crippen molar-refractivity contribution in [2.45, 2.75) is 19.9 Å². The molecule has 2 heterocycles. The van der Waals surface area contributed by atoms with Gasteiger partial charge in [0.05, 0.1) is 6.61 Å². The number of esters is 1. The molecule has 0 aromatic carbocycles. The van der Waals surface area contributed by atoms with Gasteiger partial charge >= 0.3 is 5.97 Å². The van der Waals surface area contributed by atoms with Crippen LogP contribution < -0.4 is 15.8 Å². The first-order valence-corrected chi connectivity index (χ1v) is 6.33. The molecule has 1 unspecified atom stereocenters. The summed E-state index contributed by atoms with van der Waals surface area (Å²) in [4.78, 5) is 32.1. The molecule has 0 saturated carbocycles. The minimum absolute atomic E-state index is 0.219. The van der Waals surface area contributed by atoms with Gasteiger partial charge in [0, 0.05) is 25.7 Å². The van der Waals surface area contributed by atoms with Gasteiger partial charge in [0.15, 0.2) is 0 Å². The van der Waals surface area contributed by atoms with Crippen LogP contribution in [0.2, 0.25) is 0 Å². The molecule has 7 heteroatoms. The van der Waals surface area contributed by atoms with Gasteiger partial charge in [-0.15, -0.1) is 0 Å². The van der Waals surface area contributed by atoms with Crippen molar-refractivity contribution < 1.29 is 9.53 Å². The van der Waals surface area contributed by atoms with E-state index in [2.05, 4.69) is 15.3 Å². The molecule has 0 spiro atoms. The molecule has 1 aromatic heterocycles. The number of nitrogens with zero attached hydrogens (tertiary/aromatic N) is 2. The summed E-state index contributed by atoms with van der Waals surface area (Å²) in [6, 6.07) is 0.965. The van der Waals surface area contributed by atoms with E-state index in [-0.39, 0.29) is 11.5 Å². The Bertz CT molecular complexity index is 514. The highest BCUT2D eigenvalue weighted by Crippen LogP contribution is 2.15. The third-order valence-corrected chi connectivity index (χ3v) is 2.94. The Labute approximate surface area is 111 Å². The number of aromatic amines is 1. The number of carbonyl (C=O) groups is 1. The number of ether oxygens (including phenoxy) is 1. The molecule has 0 aliphatic carbocycles. The fourth-order valence-corrected chi connectivity index (χ4v) is 2.14. The predicted molar refractivity (Wildman–Crippen MR) is 70.2 cm³/mol. The Kier molecular flexibility index (Phi) is 4.16. The SMILES string of the molecule is CCOC(=O)C1CNCCN1c1cc(=O)[nH]c(C)n1. The van der Waals surface area contributed by atoms with Crippen LogP contribution in [-0.4, -0.2) is 48.2 Å². The van der Waals surface area contributed by atoms with Gasteiger partial charge in [-0.2, -0.15) is 0 Å². The number of anilines is 1.